The molecule has 0 bridgehead atoms. The molecule has 0 radical (unpaired) electrons. The monoisotopic (exact) mass is 269 g/mol. The lowest BCUT2D eigenvalue weighted by Gasteiger charge is -2.36. The molecule has 0 unspecified atom stereocenters. The highest BCUT2D eigenvalue weighted by Gasteiger charge is 2.28. The molecule has 1 heterocycles. The largest absolute Gasteiger partial charge is 0.481 e. The highest BCUT2D eigenvalue weighted by molar-refractivity contribution is 5.74. The molecular formula is C13H23N3O3. The van der Waals surface area contributed by atoms with Gasteiger partial charge in [-0.2, -0.15) is 0 Å². The molecule has 0 aromatic heterocycles. The first-order valence-corrected chi connectivity index (χ1v) is 7.00. The van der Waals surface area contributed by atoms with Crippen molar-refractivity contribution in [2.24, 2.45) is 5.92 Å². The van der Waals surface area contributed by atoms with Crippen molar-refractivity contribution in [1.82, 2.24) is 14.7 Å². The van der Waals surface area contributed by atoms with Gasteiger partial charge in [-0.05, 0) is 18.8 Å². The van der Waals surface area contributed by atoms with E-state index in [1.54, 1.807) is 0 Å². The Labute approximate surface area is 114 Å². The summed E-state index contributed by atoms with van der Waals surface area (Å²) in [5, 5.41) is 8.65. The van der Waals surface area contributed by atoms with E-state index in [1.807, 2.05) is 16.8 Å². The zero-order valence-corrected chi connectivity index (χ0v) is 11.5. The third-order valence-electron chi connectivity index (χ3n) is 3.84. The van der Waals surface area contributed by atoms with Crippen molar-refractivity contribution >= 4 is 12.0 Å². The molecule has 0 aromatic rings. The lowest BCUT2D eigenvalue weighted by molar-refractivity contribution is -0.137. The van der Waals surface area contributed by atoms with Gasteiger partial charge in [0.15, 0.2) is 0 Å². The Bertz CT molecular complexity index is 336. The van der Waals surface area contributed by atoms with Crippen LogP contribution >= 0.6 is 0 Å². The van der Waals surface area contributed by atoms with Crippen LogP contribution in [0.15, 0.2) is 0 Å². The molecule has 1 aliphatic carbocycles. The first-order chi connectivity index (χ1) is 9.06. The van der Waals surface area contributed by atoms with E-state index in [0.29, 0.717) is 25.6 Å². The lowest BCUT2D eigenvalue weighted by atomic mass is 10.3. The van der Waals surface area contributed by atoms with Crippen LogP contribution in [0.1, 0.15) is 19.3 Å². The number of hydrogen-bond donors (Lipinski definition) is 1. The predicted molar refractivity (Wildman–Crippen MR) is 71.0 cm³/mol. The molecule has 2 rings (SSSR count). The van der Waals surface area contributed by atoms with Gasteiger partial charge in [-0.15, -0.1) is 0 Å². The molecule has 0 atom stereocenters. The summed E-state index contributed by atoms with van der Waals surface area (Å²) in [7, 11) is 1.87. The standard InChI is InChI=1S/C13H23N3O3/c1-14(10-11-2-3-11)13(19)16-8-6-15(7-9-16)5-4-12(17)18/h11H,2-10H2,1H3,(H,17,18). The summed E-state index contributed by atoms with van der Waals surface area (Å²) in [6.45, 7) is 4.40. The van der Waals surface area contributed by atoms with E-state index in [4.69, 9.17) is 5.11 Å². The van der Waals surface area contributed by atoms with E-state index >= 15 is 0 Å². The first kappa shape index (κ1) is 14.1. The zero-order valence-electron chi connectivity index (χ0n) is 11.5. The van der Waals surface area contributed by atoms with Crippen molar-refractivity contribution in [3.05, 3.63) is 0 Å². The average Bonchev–Trinajstić information content (AvgIpc) is 3.20. The van der Waals surface area contributed by atoms with E-state index in [1.165, 1.54) is 12.8 Å². The summed E-state index contributed by atoms with van der Waals surface area (Å²) >= 11 is 0. The number of aliphatic carboxylic acids is 1. The maximum Gasteiger partial charge on any atom is 0.319 e. The molecular weight excluding hydrogens is 246 g/mol. The molecule has 1 aliphatic heterocycles. The van der Waals surface area contributed by atoms with Crippen LogP contribution in [0.2, 0.25) is 0 Å². The van der Waals surface area contributed by atoms with Crippen LogP contribution in [0.3, 0.4) is 0 Å². The minimum Gasteiger partial charge on any atom is -0.481 e. The first-order valence-electron chi connectivity index (χ1n) is 7.00. The van der Waals surface area contributed by atoms with E-state index in [2.05, 4.69) is 4.90 Å². The minimum absolute atomic E-state index is 0.116. The van der Waals surface area contributed by atoms with Crippen LogP contribution in [0.4, 0.5) is 4.79 Å². The number of rotatable bonds is 5. The van der Waals surface area contributed by atoms with Gasteiger partial charge in [-0.25, -0.2) is 4.79 Å². The molecule has 1 saturated heterocycles. The van der Waals surface area contributed by atoms with Crippen LogP contribution in [0.5, 0.6) is 0 Å². The molecule has 6 heteroatoms. The van der Waals surface area contributed by atoms with Gasteiger partial charge in [0, 0.05) is 46.3 Å². The van der Waals surface area contributed by atoms with Gasteiger partial charge in [-0.1, -0.05) is 0 Å². The number of carbonyl (C=O) groups is 2. The maximum atomic E-state index is 12.2. The van der Waals surface area contributed by atoms with E-state index in [0.717, 1.165) is 19.6 Å². The Hall–Kier alpha value is -1.30. The van der Waals surface area contributed by atoms with Gasteiger partial charge in [0.25, 0.3) is 0 Å². The maximum absolute atomic E-state index is 12.2. The minimum atomic E-state index is -0.761. The predicted octanol–water partition coefficient (Wildman–Crippen LogP) is 0.540. The van der Waals surface area contributed by atoms with Crippen molar-refractivity contribution in [2.75, 3.05) is 46.3 Å². The van der Waals surface area contributed by atoms with Gasteiger partial charge in [0.1, 0.15) is 0 Å². The second-order valence-corrected chi connectivity index (χ2v) is 5.58. The highest BCUT2D eigenvalue weighted by Crippen LogP contribution is 2.29. The van der Waals surface area contributed by atoms with E-state index in [-0.39, 0.29) is 12.5 Å². The molecule has 0 aromatic carbocycles. The fourth-order valence-electron chi connectivity index (χ4n) is 2.42. The number of amides is 2. The Balaban J connectivity index is 1.69. The topological polar surface area (TPSA) is 64.1 Å². The fourth-order valence-corrected chi connectivity index (χ4v) is 2.42. The van der Waals surface area contributed by atoms with Crippen molar-refractivity contribution < 1.29 is 14.7 Å². The molecule has 2 fully saturated rings. The Morgan fingerprint density at radius 1 is 1.21 bits per heavy atom. The van der Waals surface area contributed by atoms with Crippen LogP contribution in [0, 0.1) is 5.92 Å². The average molecular weight is 269 g/mol. The SMILES string of the molecule is CN(CC1CC1)C(=O)N1CCN(CCC(=O)O)CC1. The third kappa shape index (κ3) is 4.38. The van der Waals surface area contributed by atoms with Gasteiger partial charge in [-0.3, -0.25) is 9.69 Å². The Kier molecular flexibility index (Phi) is 4.63. The van der Waals surface area contributed by atoms with Crippen LogP contribution in [-0.2, 0) is 4.79 Å². The van der Waals surface area contributed by atoms with Crippen molar-refractivity contribution in [3.8, 4) is 0 Å². The summed E-state index contributed by atoms with van der Waals surface area (Å²) in [4.78, 5) is 28.5. The number of hydrogen-bond acceptors (Lipinski definition) is 3. The Morgan fingerprint density at radius 2 is 1.84 bits per heavy atom. The number of carbonyl (C=O) groups excluding carboxylic acids is 1. The molecule has 19 heavy (non-hydrogen) atoms. The molecule has 2 aliphatic rings. The second-order valence-electron chi connectivity index (χ2n) is 5.58. The molecule has 6 nitrogen and oxygen atoms in total. The second kappa shape index (κ2) is 6.23. The fraction of sp³-hybridized carbons (Fsp3) is 0.846. The zero-order chi connectivity index (χ0) is 13.8. The van der Waals surface area contributed by atoms with Crippen LogP contribution in [0.25, 0.3) is 0 Å². The van der Waals surface area contributed by atoms with E-state index < -0.39 is 5.97 Å². The van der Waals surface area contributed by atoms with Crippen molar-refractivity contribution in [3.63, 3.8) is 0 Å². The summed E-state index contributed by atoms with van der Waals surface area (Å²) in [5.41, 5.74) is 0. The lowest BCUT2D eigenvalue weighted by Crippen LogP contribution is -2.52. The van der Waals surface area contributed by atoms with Crippen molar-refractivity contribution in [1.29, 1.82) is 0 Å². The molecule has 1 N–H and O–H groups in total. The number of nitrogens with zero attached hydrogens (tertiary/aromatic N) is 3. The highest BCUT2D eigenvalue weighted by atomic mass is 16.4. The number of carboxylic acids is 1. The van der Waals surface area contributed by atoms with Crippen molar-refractivity contribution in [2.45, 2.75) is 19.3 Å². The smallest absolute Gasteiger partial charge is 0.319 e. The molecule has 1 saturated carbocycles. The number of urea groups is 1. The Morgan fingerprint density at radius 3 is 2.37 bits per heavy atom. The van der Waals surface area contributed by atoms with Gasteiger partial charge >= 0.3 is 12.0 Å². The summed E-state index contributed by atoms with van der Waals surface area (Å²) in [5.74, 6) is -0.0477. The van der Waals surface area contributed by atoms with Gasteiger partial charge in [0.2, 0.25) is 0 Å². The number of piperazine rings is 1. The van der Waals surface area contributed by atoms with Crippen LogP contribution < -0.4 is 0 Å². The molecule has 0 spiro atoms. The van der Waals surface area contributed by atoms with Gasteiger partial charge < -0.3 is 14.9 Å². The summed E-state index contributed by atoms with van der Waals surface area (Å²) < 4.78 is 0. The normalized spacial score (nSPS) is 20.4. The van der Waals surface area contributed by atoms with Crippen LogP contribution in [-0.4, -0.2) is 78.1 Å². The van der Waals surface area contributed by atoms with Gasteiger partial charge in [0.05, 0.1) is 6.42 Å². The summed E-state index contributed by atoms with van der Waals surface area (Å²) in [6.07, 6.45) is 2.68. The number of carboxylic acid groups (broad SMARTS) is 1. The summed E-state index contributed by atoms with van der Waals surface area (Å²) in [6, 6.07) is 0.116. The quantitative estimate of drug-likeness (QED) is 0.791. The van der Waals surface area contributed by atoms with E-state index in [9.17, 15) is 9.59 Å². The third-order valence-corrected chi connectivity index (χ3v) is 3.84. The molecule has 2 amide bonds. The molecule has 108 valence electrons.